The van der Waals surface area contributed by atoms with Crippen LogP contribution in [0, 0.1) is 0 Å². The van der Waals surface area contributed by atoms with Crippen molar-refractivity contribution in [2.75, 3.05) is 0 Å². The van der Waals surface area contributed by atoms with Crippen LogP contribution in [0.5, 0.6) is 0 Å². The van der Waals surface area contributed by atoms with Crippen molar-refractivity contribution in [3.63, 3.8) is 0 Å². The smallest absolute Gasteiger partial charge is 0.399 e. The normalized spacial score (nSPS) is 16.5. The van der Waals surface area contributed by atoms with Crippen LogP contribution in [-0.2, 0) is 4.74 Å². The average Bonchev–Trinajstić information content (AvgIpc) is 2.23. The molecule has 1 nitrogen and oxygen atoms in total. The van der Waals surface area contributed by atoms with E-state index in [9.17, 15) is 61.5 Å². The molecule has 0 aromatic heterocycles. The first-order valence-corrected chi connectivity index (χ1v) is 4.30. The van der Waals surface area contributed by atoms with E-state index in [-0.39, 0.29) is 0 Å². The lowest BCUT2D eigenvalue weighted by Gasteiger charge is -2.32. The maximum absolute atomic E-state index is 12.5. The second-order valence-corrected chi connectivity index (χ2v) is 3.35. The third-order valence-electron chi connectivity index (χ3n) is 1.76. The molecule has 0 aromatic carbocycles. The van der Waals surface area contributed by atoms with Gasteiger partial charge in [-0.05, 0) is 0 Å². The predicted octanol–water partition coefficient (Wildman–Crippen LogP) is 5.10. The molecule has 132 valence electrons. The number of alkyl halides is 12. The van der Waals surface area contributed by atoms with E-state index in [4.69, 9.17) is 0 Å². The molecule has 0 rings (SSSR count). The molecule has 0 saturated carbocycles. The van der Waals surface area contributed by atoms with Gasteiger partial charge in [0.1, 0.15) is 0 Å². The fourth-order valence-electron chi connectivity index (χ4n) is 0.694. The molecule has 0 aromatic rings. The Balaban J connectivity index is 5.76. The first-order valence-electron chi connectivity index (χ1n) is 4.30. The van der Waals surface area contributed by atoms with Crippen LogP contribution in [0.3, 0.4) is 0 Å². The fourth-order valence-corrected chi connectivity index (χ4v) is 0.694. The van der Waals surface area contributed by atoms with E-state index in [2.05, 4.69) is 0 Å². The molecule has 0 amide bonds. The Bertz CT molecular complexity index is 439. The monoisotopic (exact) mass is 366 g/mol. The molecule has 22 heavy (non-hydrogen) atoms. The van der Waals surface area contributed by atoms with Gasteiger partial charge in [-0.1, -0.05) is 0 Å². The summed E-state index contributed by atoms with van der Waals surface area (Å²) in [6.07, 6.45) is -20.9. The van der Waals surface area contributed by atoms with Gasteiger partial charge in [-0.3, -0.25) is 0 Å². The highest BCUT2D eigenvalue weighted by Gasteiger charge is 2.84. The Morgan fingerprint density at radius 3 is 1.23 bits per heavy atom. The zero-order valence-corrected chi connectivity index (χ0v) is 9.20. The number of allylic oxidation sites excluding steroid dienone is 1. The third-order valence-corrected chi connectivity index (χ3v) is 1.76. The van der Waals surface area contributed by atoms with E-state index in [0.29, 0.717) is 0 Å². The lowest BCUT2D eigenvalue weighted by molar-refractivity contribution is -0.440. The van der Waals surface area contributed by atoms with Crippen molar-refractivity contribution in [2.24, 2.45) is 0 Å². The topological polar surface area (TPSA) is 9.23 Å². The second kappa shape index (κ2) is 5.33. The zero-order chi connectivity index (χ0) is 18.4. The van der Waals surface area contributed by atoms with Gasteiger partial charge in [0.25, 0.3) is 5.83 Å². The summed E-state index contributed by atoms with van der Waals surface area (Å²) in [4.78, 5) is 0. The molecular weight excluding hydrogens is 366 g/mol. The van der Waals surface area contributed by atoms with Crippen molar-refractivity contribution >= 4 is 0 Å². The van der Waals surface area contributed by atoms with E-state index in [1.807, 2.05) is 0 Å². The minimum atomic E-state index is -7.55. The molecule has 0 fully saturated rings. The molecule has 0 aliphatic carbocycles. The van der Waals surface area contributed by atoms with E-state index in [0.717, 1.165) is 0 Å². The molecule has 0 spiro atoms. The van der Waals surface area contributed by atoms with Gasteiger partial charge in [-0.25, -0.2) is 0 Å². The molecule has 0 unspecified atom stereocenters. The molecule has 0 radical (unpaired) electrons. The van der Waals surface area contributed by atoms with Crippen molar-refractivity contribution in [3.8, 4) is 0 Å². The van der Waals surface area contributed by atoms with Crippen molar-refractivity contribution in [3.05, 3.63) is 11.8 Å². The minimum Gasteiger partial charge on any atom is -0.399 e. The maximum Gasteiger partial charge on any atom is 0.473 e. The molecule has 0 heterocycles. The van der Waals surface area contributed by atoms with Crippen LogP contribution in [0.1, 0.15) is 0 Å². The SMILES string of the molecule is FC(OC(F)(F)C(F)(F)C(F)(F)C(F)(F)F)=C(F)C(F)(F)F. The predicted molar refractivity (Wildman–Crippen MR) is 37.3 cm³/mol. The van der Waals surface area contributed by atoms with Crippen LogP contribution in [0.2, 0.25) is 0 Å². The molecule has 0 N–H and O–H groups in total. The minimum absolute atomic E-state index is 1.73. The number of hydrogen-bond donors (Lipinski definition) is 0. The number of ether oxygens (including phenoxy) is 1. The maximum atomic E-state index is 12.5. The highest BCUT2D eigenvalue weighted by atomic mass is 19.4. The quantitative estimate of drug-likeness (QED) is 0.497. The van der Waals surface area contributed by atoms with E-state index >= 15 is 0 Å². The Morgan fingerprint density at radius 2 is 0.955 bits per heavy atom. The van der Waals surface area contributed by atoms with Crippen molar-refractivity contribution < 1.29 is 66.2 Å². The number of hydrogen-bond acceptors (Lipinski definition) is 1. The number of rotatable bonds is 4. The van der Waals surface area contributed by atoms with E-state index < -0.39 is 42.1 Å². The van der Waals surface area contributed by atoms with Gasteiger partial charge in [-0.2, -0.15) is 61.5 Å². The highest BCUT2D eigenvalue weighted by molar-refractivity contribution is 5.03. The first kappa shape index (κ1) is 20.6. The van der Waals surface area contributed by atoms with Crippen LogP contribution in [0.25, 0.3) is 0 Å². The molecular formula is C7F14O. The second-order valence-electron chi connectivity index (χ2n) is 3.35. The van der Waals surface area contributed by atoms with Crippen LogP contribution in [-0.4, -0.2) is 30.3 Å². The Labute approximate surface area is 110 Å². The summed E-state index contributed by atoms with van der Waals surface area (Å²) in [7, 11) is 0. The highest BCUT2D eigenvalue weighted by Crippen LogP contribution is 2.54. The standard InChI is InChI=1S/C7F14O/c8-1(3(10,11)12)2(9)22-7(20,21)5(15,16)4(13,14)6(17,18)19. The first-order chi connectivity index (χ1) is 9.29. The summed E-state index contributed by atoms with van der Waals surface area (Å²) in [5, 5.41) is 0. The van der Waals surface area contributed by atoms with E-state index in [1.165, 1.54) is 0 Å². The van der Waals surface area contributed by atoms with Crippen molar-refractivity contribution in [1.82, 2.24) is 0 Å². The van der Waals surface area contributed by atoms with Gasteiger partial charge in [0.15, 0.2) is 0 Å². The van der Waals surface area contributed by atoms with Crippen LogP contribution >= 0.6 is 0 Å². The summed E-state index contributed by atoms with van der Waals surface area (Å²) in [6.45, 7) is 0. The summed E-state index contributed by atoms with van der Waals surface area (Å²) < 4.78 is 169. The van der Waals surface area contributed by atoms with Gasteiger partial charge in [0, 0.05) is 0 Å². The average molecular weight is 366 g/mol. The number of halogens is 14. The van der Waals surface area contributed by atoms with Crippen LogP contribution < -0.4 is 0 Å². The van der Waals surface area contributed by atoms with Crippen molar-refractivity contribution in [2.45, 2.75) is 30.3 Å². The van der Waals surface area contributed by atoms with Gasteiger partial charge >= 0.3 is 36.3 Å². The van der Waals surface area contributed by atoms with Gasteiger partial charge in [-0.15, -0.1) is 0 Å². The molecule has 0 aliphatic rings. The van der Waals surface area contributed by atoms with Crippen LogP contribution in [0.15, 0.2) is 11.8 Å². The summed E-state index contributed by atoms with van der Waals surface area (Å²) in [5.74, 6) is -19.3. The Morgan fingerprint density at radius 1 is 0.591 bits per heavy atom. The van der Waals surface area contributed by atoms with E-state index in [1.54, 1.807) is 4.74 Å². The molecule has 15 heteroatoms. The summed E-state index contributed by atoms with van der Waals surface area (Å²) in [6, 6.07) is -4.16. The molecule has 0 atom stereocenters. The summed E-state index contributed by atoms with van der Waals surface area (Å²) >= 11 is 0. The van der Waals surface area contributed by atoms with Crippen LogP contribution in [0.4, 0.5) is 61.5 Å². The Hall–Kier alpha value is -1.44. The Kier molecular flexibility index (Phi) is 4.98. The summed E-state index contributed by atoms with van der Waals surface area (Å²) in [5.41, 5.74) is 0. The third kappa shape index (κ3) is 3.48. The fraction of sp³-hybridized carbons (Fsp3) is 0.714. The van der Waals surface area contributed by atoms with Crippen molar-refractivity contribution in [1.29, 1.82) is 0 Å². The molecule has 0 bridgehead atoms. The molecule has 0 saturated heterocycles. The van der Waals surface area contributed by atoms with Gasteiger partial charge < -0.3 is 4.74 Å². The molecule has 0 aliphatic heterocycles. The van der Waals surface area contributed by atoms with Gasteiger partial charge in [0.2, 0.25) is 0 Å². The van der Waals surface area contributed by atoms with Gasteiger partial charge in [0.05, 0.1) is 0 Å². The zero-order valence-electron chi connectivity index (χ0n) is 9.20. The lowest BCUT2D eigenvalue weighted by Crippen LogP contribution is -2.61. The lowest BCUT2D eigenvalue weighted by atomic mass is 10.1. The largest absolute Gasteiger partial charge is 0.473 e.